The number of ether oxygens (including phenoxy) is 3. The number of hydrogen-bond acceptors (Lipinski definition) is 7. The Morgan fingerprint density at radius 1 is 1.05 bits per heavy atom. The predicted molar refractivity (Wildman–Crippen MR) is 161 cm³/mol. The van der Waals surface area contributed by atoms with Crippen molar-refractivity contribution in [2.45, 2.75) is 26.5 Å². The van der Waals surface area contributed by atoms with Crippen LogP contribution in [-0.4, -0.2) is 24.3 Å². The number of halogens is 2. The average molecular weight is 610 g/mol. The summed E-state index contributed by atoms with van der Waals surface area (Å²) in [5.41, 5.74) is 2.65. The van der Waals surface area contributed by atoms with Gasteiger partial charge >= 0.3 is 5.97 Å². The Bertz CT molecular complexity index is 1840. The molecular weight excluding hydrogens is 583 g/mol. The first-order chi connectivity index (χ1) is 19.8. The number of esters is 1. The summed E-state index contributed by atoms with van der Waals surface area (Å²) in [7, 11) is 1.55. The minimum Gasteiger partial charge on any atom is -0.493 e. The molecule has 2 heterocycles. The van der Waals surface area contributed by atoms with E-state index in [9.17, 15) is 9.59 Å². The summed E-state index contributed by atoms with van der Waals surface area (Å²) in [6.45, 7) is 3.93. The van der Waals surface area contributed by atoms with E-state index in [4.69, 9.17) is 37.4 Å². The largest absolute Gasteiger partial charge is 0.493 e. The first-order valence-electron chi connectivity index (χ1n) is 12.8. The molecule has 0 N–H and O–H groups in total. The molecule has 0 spiro atoms. The second kappa shape index (κ2) is 12.3. The zero-order valence-electron chi connectivity index (χ0n) is 22.5. The van der Waals surface area contributed by atoms with Gasteiger partial charge in [-0.2, -0.15) is 0 Å². The maximum atomic E-state index is 13.9. The molecule has 1 atom stereocenters. The van der Waals surface area contributed by atoms with Crippen molar-refractivity contribution in [3.05, 3.63) is 124 Å². The molecule has 7 nitrogen and oxygen atoms in total. The van der Waals surface area contributed by atoms with Crippen LogP contribution in [0.4, 0.5) is 0 Å². The predicted octanol–water partition coefficient (Wildman–Crippen LogP) is 5.69. The van der Waals surface area contributed by atoms with Crippen LogP contribution in [-0.2, 0) is 16.1 Å². The highest BCUT2D eigenvalue weighted by molar-refractivity contribution is 7.07. The van der Waals surface area contributed by atoms with Crippen molar-refractivity contribution >= 4 is 46.6 Å². The van der Waals surface area contributed by atoms with Gasteiger partial charge in [0.1, 0.15) is 12.6 Å². The zero-order chi connectivity index (χ0) is 29.1. The van der Waals surface area contributed by atoms with Crippen LogP contribution in [0.3, 0.4) is 0 Å². The van der Waals surface area contributed by atoms with Gasteiger partial charge in [0.2, 0.25) is 0 Å². The zero-order valence-corrected chi connectivity index (χ0v) is 24.8. The fourth-order valence-corrected chi connectivity index (χ4v) is 6.07. The number of aromatic nitrogens is 1. The van der Waals surface area contributed by atoms with Crippen molar-refractivity contribution in [2.24, 2.45) is 4.99 Å². The highest BCUT2D eigenvalue weighted by Crippen LogP contribution is 2.34. The maximum Gasteiger partial charge on any atom is 0.338 e. The summed E-state index contributed by atoms with van der Waals surface area (Å²) < 4.78 is 18.8. The van der Waals surface area contributed by atoms with E-state index in [1.54, 1.807) is 57.4 Å². The Morgan fingerprint density at radius 3 is 2.49 bits per heavy atom. The van der Waals surface area contributed by atoms with Crippen LogP contribution in [0.15, 0.2) is 87.8 Å². The van der Waals surface area contributed by atoms with E-state index >= 15 is 0 Å². The van der Waals surface area contributed by atoms with Gasteiger partial charge in [-0.25, -0.2) is 9.79 Å². The molecule has 0 saturated carbocycles. The monoisotopic (exact) mass is 608 g/mol. The summed E-state index contributed by atoms with van der Waals surface area (Å²) in [4.78, 5) is 32.0. The van der Waals surface area contributed by atoms with Gasteiger partial charge in [-0.1, -0.05) is 77.0 Å². The van der Waals surface area contributed by atoms with Crippen LogP contribution in [0.1, 0.15) is 36.6 Å². The van der Waals surface area contributed by atoms with Gasteiger partial charge in [0.05, 0.1) is 29.5 Å². The van der Waals surface area contributed by atoms with Crippen molar-refractivity contribution in [3.63, 3.8) is 0 Å². The van der Waals surface area contributed by atoms with Crippen LogP contribution < -0.4 is 24.4 Å². The summed E-state index contributed by atoms with van der Waals surface area (Å²) in [5.74, 6) is 0.512. The van der Waals surface area contributed by atoms with Crippen molar-refractivity contribution < 1.29 is 19.0 Å². The van der Waals surface area contributed by atoms with Crippen LogP contribution >= 0.6 is 34.5 Å². The Morgan fingerprint density at radius 2 is 1.78 bits per heavy atom. The van der Waals surface area contributed by atoms with E-state index in [-0.39, 0.29) is 24.3 Å². The Kier molecular flexibility index (Phi) is 8.63. The summed E-state index contributed by atoms with van der Waals surface area (Å²) >= 11 is 14.1. The Balaban J connectivity index is 1.56. The van der Waals surface area contributed by atoms with Crippen LogP contribution in [0.25, 0.3) is 6.08 Å². The molecule has 0 bridgehead atoms. The lowest BCUT2D eigenvalue weighted by Crippen LogP contribution is -2.40. The molecule has 41 heavy (non-hydrogen) atoms. The average Bonchev–Trinajstić information content (AvgIpc) is 3.26. The fraction of sp³-hybridized carbons (Fsp3) is 0.194. The number of rotatable bonds is 8. The van der Waals surface area contributed by atoms with E-state index in [2.05, 4.69) is 4.99 Å². The molecule has 1 unspecified atom stereocenters. The van der Waals surface area contributed by atoms with E-state index in [1.807, 2.05) is 36.4 Å². The maximum absolute atomic E-state index is 13.9. The summed E-state index contributed by atoms with van der Waals surface area (Å²) in [6.07, 6.45) is 1.76. The highest BCUT2D eigenvalue weighted by atomic mass is 35.5. The normalized spacial score (nSPS) is 14.9. The number of benzene rings is 3. The van der Waals surface area contributed by atoms with Crippen molar-refractivity contribution in [2.75, 3.05) is 13.7 Å². The van der Waals surface area contributed by atoms with E-state index in [0.29, 0.717) is 42.1 Å². The molecule has 0 amide bonds. The van der Waals surface area contributed by atoms with Gasteiger partial charge in [-0.3, -0.25) is 9.36 Å². The Labute approximate surface area is 250 Å². The number of nitrogens with zero attached hydrogens (tertiary/aromatic N) is 2. The molecule has 0 radical (unpaired) electrons. The minimum absolute atomic E-state index is 0.190. The molecule has 10 heteroatoms. The van der Waals surface area contributed by atoms with Gasteiger partial charge in [0.15, 0.2) is 16.3 Å². The third-order valence-electron chi connectivity index (χ3n) is 6.54. The molecular formula is C31H26Cl2N2O5S. The molecule has 5 rings (SSSR count). The third kappa shape index (κ3) is 5.81. The van der Waals surface area contributed by atoms with E-state index in [0.717, 1.165) is 11.1 Å². The molecule has 1 aliphatic heterocycles. The molecule has 1 aromatic heterocycles. The topological polar surface area (TPSA) is 79.1 Å². The molecule has 3 aromatic carbocycles. The van der Waals surface area contributed by atoms with Crippen LogP contribution in [0.2, 0.25) is 10.0 Å². The quantitative estimate of drug-likeness (QED) is 0.240. The van der Waals surface area contributed by atoms with Gasteiger partial charge in [-0.05, 0) is 55.3 Å². The second-order valence-corrected chi connectivity index (χ2v) is 10.9. The summed E-state index contributed by atoms with van der Waals surface area (Å²) in [5, 5.41) is 1.05. The Hall–Kier alpha value is -3.85. The van der Waals surface area contributed by atoms with Crippen LogP contribution in [0, 0.1) is 0 Å². The van der Waals surface area contributed by atoms with Gasteiger partial charge in [0, 0.05) is 15.6 Å². The number of thiazole rings is 1. The molecule has 0 saturated heterocycles. The van der Waals surface area contributed by atoms with Crippen molar-refractivity contribution in [3.8, 4) is 11.5 Å². The lowest BCUT2D eigenvalue weighted by molar-refractivity contribution is -0.139. The standard InChI is InChI=1S/C31H26Cl2N2O5S/c1-4-39-30(37)27-18(2)34-31-35(28(27)21-10-6-8-12-23(21)33)29(36)26(41-31)16-19-13-14-24(25(15-19)38-3)40-17-20-9-5-7-11-22(20)32/h5-16,28H,4,17H2,1-3H3/b26-16-. The number of hydrogen-bond donors (Lipinski definition) is 0. The van der Waals surface area contributed by atoms with Gasteiger partial charge in [0.25, 0.3) is 5.56 Å². The number of carbonyl (C=O) groups is 1. The van der Waals surface area contributed by atoms with E-state index in [1.165, 1.54) is 15.9 Å². The lowest BCUT2D eigenvalue weighted by Gasteiger charge is -2.25. The molecule has 4 aromatic rings. The highest BCUT2D eigenvalue weighted by Gasteiger charge is 2.34. The van der Waals surface area contributed by atoms with Gasteiger partial charge < -0.3 is 14.2 Å². The molecule has 0 fully saturated rings. The second-order valence-electron chi connectivity index (χ2n) is 9.11. The first-order valence-corrected chi connectivity index (χ1v) is 14.4. The number of fused-ring (bicyclic) bond motifs is 1. The SMILES string of the molecule is CCOC(=O)C1=C(C)N=c2s/c(=C\c3ccc(OCc4ccccc4Cl)c(OC)c3)c(=O)n2C1c1ccccc1Cl. The first kappa shape index (κ1) is 28.7. The van der Waals surface area contributed by atoms with Gasteiger partial charge in [-0.15, -0.1) is 0 Å². The van der Waals surface area contributed by atoms with E-state index < -0.39 is 12.0 Å². The van der Waals surface area contributed by atoms with Crippen molar-refractivity contribution in [1.29, 1.82) is 0 Å². The third-order valence-corrected chi connectivity index (χ3v) is 8.24. The molecule has 210 valence electrons. The molecule has 0 aliphatic carbocycles. The number of carbonyl (C=O) groups excluding carboxylic acids is 1. The fourth-order valence-electron chi connectivity index (χ4n) is 4.60. The number of allylic oxidation sites excluding steroid dienone is 1. The summed E-state index contributed by atoms with van der Waals surface area (Å²) in [6, 6.07) is 19.2. The minimum atomic E-state index is -0.781. The van der Waals surface area contributed by atoms with Crippen molar-refractivity contribution in [1.82, 2.24) is 4.57 Å². The lowest BCUT2D eigenvalue weighted by atomic mass is 9.96. The van der Waals surface area contributed by atoms with Crippen LogP contribution in [0.5, 0.6) is 11.5 Å². The molecule has 1 aliphatic rings. The number of methoxy groups -OCH3 is 1. The smallest absolute Gasteiger partial charge is 0.338 e.